The summed E-state index contributed by atoms with van der Waals surface area (Å²) < 4.78 is 19.0. The van der Waals surface area contributed by atoms with E-state index in [1.165, 1.54) is 12.1 Å². The van der Waals surface area contributed by atoms with Crippen LogP contribution >= 0.6 is 0 Å². The highest BCUT2D eigenvalue weighted by Gasteiger charge is 2.19. The lowest BCUT2D eigenvalue weighted by Crippen LogP contribution is -2.32. The summed E-state index contributed by atoms with van der Waals surface area (Å²) in [6.45, 7) is 3.77. The molecule has 2 aromatic rings. The molecule has 0 bridgehead atoms. The summed E-state index contributed by atoms with van der Waals surface area (Å²) in [4.78, 5) is 12.2. The monoisotopic (exact) mass is 287 g/mol. The molecule has 3 nitrogen and oxygen atoms in total. The first-order chi connectivity index (χ1) is 10.1. The summed E-state index contributed by atoms with van der Waals surface area (Å²) in [5.74, 6) is -0.672. The molecule has 0 aliphatic rings. The van der Waals surface area contributed by atoms with E-state index >= 15 is 0 Å². The Morgan fingerprint density at radius 1 is 1.24 bits per heavy atom. The van der Waals surface area contributed by atoms with Crippen molar-refractivity contribution in [2.75, 3.05) is 5.32 Å². The van der Waals surface area contributed by atoms with Gasteiger partial charge in [0.2, 0.25) is 0 Å². The number of anilines is 1. The third-order valence-electron chi connectivity index (χ3n) is 3.05. The predicted octanol–water partition coefficient (Wildman–Crippen LogP) is 3.93. The van der Waals surface area contributed by atoms with E-state index in [9.17, 15) is 9.18 Å². The molecule has 2 rings (SSSR count). The molecule has 0 saturated carbocycles. The highest BCUT2D eigenvalue weighted by Crippen LogP contribution is 2.19. The van der Waals surface area contributed by atoms with Crippen LogP contribution in [0.1, 0.15) is 18.9 Å². The van der Waals surface area contributed by atoms with Crippen LogP contribution in [0, 0.1) is 12.7 Å². The van der Waals surface area contributed by atoms with Gasteiger partial charge in [0.15, 0.2) is 17.7 Å². The number of ether oxygens (including phenoxy) is 1. The Kier molecular flexibility index (Phi) is 4.93. The van der Waals surface area contributed by atoms with Crippen LogP contribution in [-0.4, -0.2) is 12.0 Å². The molecule has 1 atom stereocenters. The van der Waals surface area contributed by atoms with Gasteiger partial charge in [-0.25, -0.2) is 4.39 Å². The molecule has 1 unspecified atom stereocenters. The van der Waals surface area contributed by atoms with Gasteiger partial charge in [0.1, 0.15) is 0 Å². The van der Waals surface area contributed by atoms with Crippen molar-refractivity contribution >= 4 is 11.6 Å². The van der Waals surface area contributed by atoms with E-state index in [-0.39, 0.29) is 11.7 Å². The van der Waals surface area contributed by atoms with Crippen LogP contribution < -0.4 is 10.1 Å². The standard InChI is InChI=1S/C17H18FNO2/c1-3-15(21-16-10-5-4-9-14(16)18)17(20)19-13-8-6-7-12(2)11-13/h4-11,15H,3H2,1-2H3,(H,19,20). The molecule has 4 heteroatoms. The smallest absolute Gasteiger partial charge is 0.265 e. The molecular formula is C17H18FNO2. The van der Waals surface area contributed by atoms with E-state index in [4.69, 9.17) is 4.74 Å². The number of hydrogen-bond acceptors (Lipinski definition) is 2. The first-order valence-corrected chi connectivity index (χ1v) is 6.89. The topological polar surface area (TPSA) is 38.3 Å². The average Bonchev–Trinajstić information content (AvgIpc) is 2.46. The van der Waals surface area contributed by atoms with Gasteiger partial charge >= 0.3 is 0 Å². The van der Waals surface area contributed by atoms with Gasteiger partial charge in [-0.3, -0.25) is 4.79 Å². The number of para-hydroxylation sites is 1. The number of halogens is 1. The van der Waals surface area contributed by atoms with E-state index in [2.05, 4.69) is 5.32 Å². The third kappa shape index (κ3) is 4.05. The minimum Gasteiger partial charge on any atom is -0.478 e. The Balaban J connectivity index is 2.07. The Labute approximate surface area is 123 Å². The van der Waals surface area contributed by atoms with E-state index in [0.29, 0.717) is 12.1 Å². The molecule has 1 N–H and O–H groups in total. The van der Waals surface area contributed by atoms with Crippen molar-refractivity contribution in [3.8, 4) is 5.75 Å². The molecule has 0 spiro atoms. The van der Waals surface area contributed by atoms with Gasteiger partial charge in [-0.15, -0.1) is 0 Å². The fourth-order valence-corrected chi connectivity index (χ4v) is 1.96. The summed E-state index contributed by atoms with van der Waals surface area (Å²) in [7, 11) is 0. The quantitative estimate of drug-likeness (QED) is 0.905. The van der Waals surface area contributed by atoms with E-state index in [1.54, 1.807) is 18.2 Å². The molecule has 0 saturated heterocycles. The van der Waals surface area contributed by atoms with Crippen molar-refractivity contribution < 1.29 is 13.9 Å². The molecule has 21 heavy (non-hydrogen) atoms. The Bertz CT molecular complexity index is 628. The van der Waals surface area contributed by atoms with Gasteiger partial charge < -0.3 is 10.1 Å². The van der Waals surface area contributed by atoms with Crippen molar-refractivity contribution in [1.82, 2.24) is 0 Å². The number of amides is 1. The molecule has 0 aliphatic heterocycles. The SMILES string of the molecule is CCC(Oc1ccccc1F)C(=O)Nc1cccc(C)c1. The molecule has 1 amide bonds. The summed E-state index contributed by atoms with van der Waals surface area (Å²) in [5, 5.41) is 2.79. The number of aryl methyl sites for hydroxylation is 1. The van der Waals surface area contributed by atoms with Crippen molar-refractivity contribution in [2.45, 2.75) is 26.4 Å². The minimum atomic E-state index is -0.734. The second kappa shape index (κ2) is 6.88. The summed E-state index contributed by atoms with van der Waals surface area (Å²) in [6.07, 6.45) is -0.283. The number of rotatable bonds is 5. The van der Waals surface area contributed by atoms with Gasteiger partial charge in [-0.2, -0.15) is 0 Å². The molecule has 0 fully saturated rings. The number of hydrogen-bond donors (Lipinski definition) is 1. The highest BCUT2D eigenvalue weighted by molar-refractivity contribution is 5.94. The van der Waals surface area contributed by atoms with Crippen molar-refractivity contribution in [1.29, 1.82) is 0 Å². The van der Waals surface area contributed by atoms with E-state index in [0.717, 1.165) is 5.56 Å². The van der Waals surface area contributed by atoms with E-state index < -0.39 is 11.9 Å². The molecule has 2 aromatic carbocycles. The maximum atomic E-state index is 13.6. The summed E-state index contributed by atoms with van der Waals surface area (Å²) >= 11 is 0. The third-order valence-corrected chi connectivity index (χ3v) is 3.05. The van der Waals surface area contributed by atoms with Gasteiger partial charge in [0.25, 0.3) is 5.91 Å². The second-order valence-corrected chi connectivity index (χ2v) is 4.80. The maximum absolute atomic E-state index is 13.6. The van der Waals surface area contributed by atoms with Crippen LogP contribution in [0.2, 0.25) is 0 Å². The first-order valence-electron chi connectivity index (χ1n) is 6.89. The first kappa shape index (κ1) is 15.0. The number of nitrogens with one attached hydrogen (secondary N) is 1. The predicted molar refractivity (Wildman–Crippen MR) is 80.9 cm³/mol. The minimum absolute atomic E-state index is 0.0868. The molecule has 0 heterocycles. The Morgan fingerprint density at radius 3 is 2.67 bits per heavy atom. The summed E-state index contributed by atoms with van der Waals surface area (Å²) in [5.41, 5.74) is 1.76. The lowest BCUT2D eigenvalue weighted by atomic mass is 10.2. The van der Waals surface area contributed by atoms with Gasteiger partial charge in [-0.1, -0.05) is 31.2 Å². The number of carbonyl (C=O) groups excluding carboxylic acids is 1. The van der Waals surface area contributed by atoms with Gasteiger partial charge in [0.05, 0.1) is 0 Å². The Morgan fingerprint density at radius 2 is 2.00 bits per heavy atom. The fraction of sp³-hybridized carbons (Fsp3) is 0.235. The zero-order chi connectivity index (χ0) is 15.2. The second-order valence-electron chi connectivity index (χ2n) is 4.80. The molecular weight excluding hydrogens is 269 g/mol. The van der Waals surface area contributed by atoms with Crippen molar-refractivity contribution in [3.05, 3.63) is 59.9 Å². The normalized spacial score (nSPS) is 11.8. The number of carbonyl (C=O) groups is 1. The zero-order valence-corrected chi connectivity index (χ0v) is 12.1. The van der Waals surface area contributed by atoms with Crippen LogP contribution in [0.25, 0.3) is 0 Å². The van der Waals surface area contributed by atoms with Crippen LogP contribution in [0.5, 0.6) is 5.75 Å². The fourth-order valence-electron chi connectivity index (χ4n) is 1.96. The Hall–Kier alpha value is -2.36. The molecule has 0 aromatic heterocycles. The lowest BCUT2D eigenvalue weighted by Gasteiger charge is -2.17. The van der Waals surface area contributed by atoms with Crippen molar-refractivity contribution in [3.63, 3.8) is 0 Å². The molecule has 0 radical (unpaired) electrons. The van der Waals surface area contributed by atoms with E-state index in [1.807, 2.05) is 32.0 Å². The van der Waals surface area contributed by atoms with Crippen molar-refractivity contribution in [2.24, 2.45) is 0 Å². The van der Waals surface area contributed by atoms with Crippen LogP contribution in [0.4, 0.5) is 10.1 Å². The van der Waals surface area contributed by atoms with Crippen LogP contribution in [0.15, 0.2) is 48.5 Å². The summed E-state index contributed by atoms with van der Waals surface area (Å²) in [6, 6.07) is 13.6. The molecule has 0 aliphatic carbocycles. The van der Waals surface area contributed by atoms with Gasteiger partial charge in [0, 0.05) is 5.69 Å². The maximum Gasteiger partial charge on any atom is 0.265 e. The van der Waals surface area contributed by atoms with Crippen LogP contribution in [0.3, 0.4) is 0 Å². The van der Waals surface area contributed by atoms with Gasteiger partial charge in [-0.05, 0) is 43.2 Å². The largest absolute Gasteiger partial charge is 0.478 e. The highest BCUT2D eigenvalue weighted by atomic mass is 19.1. The molecule has 110 valence electrons. The van der Waals surface area contributed by atoms with Crippen LogP contribution in [-0.2, 0) is 4.79 Å². The number of benzene rings is 2. The average molecular weight is 287 g/mol. The lowest BCUT2D eigenvalue weighted by molar-refractivity contribution is -0.122. The zero-order valence-electron chi connectivity index (χ0n) is 12.1.